The lowest BCUT2D eigenvalue weighted by Crippen LogP contribution is -2.57. The van der Waals surface area contributed by atoms with Crippen molar-refractivity contribution < 1.29 is 29.0 Å². The van der Waals surface area contributed by atoms with E-state index in [-0.39, 0.29) is 18.4 Å². The third kappa shape index (κ3) is 11.7. The average molecular weight is 527 g/mol. The molecule has 2 rings (SSSR count). The number of nitrogens with zero attached hydrogens (tertiary/aromatic N) is 1. The van der Waals surface area contributed by atoms with Gasteiger partial charge in [-0.3, -0.25) is 14.4 Å². The Morgan fingerprint density at radius 1 is 1.11 bits per heavy atom. The van der Waals surface area contributed by atoms with Gasteiger partial charge in [0.25, 0.3) is 0 Å². The second-order valence-electron chi connectivity index (χ2n) is 12.0. The van der Waals surface area contributed by atoms with Gasteiger partial charge in [0.15, 0.2) is 6.10 Å². The molecule has 0 radical (unpaired) electrons. The smallest absolute Gasteiger partial charge is 0.408 e. The molecule has 1 saturated heterocycles. The van der Waals surface area contributed by atoms with E-state index in [1.54, 1.807) is 20.8 Å². The van der Waals surface area contributed by atoms with E-state index in [4.69, 9.17) is 10.5 Å². The van der Waals surface area contributed by atoms with Crippen LogP contribution >= 0.6 is 0 Å². The summed E-state index contributed by atoms with van der Waals surface area (Å²) in [4.78, 5) is 51.2. The van der Waals surface area contributed by atoms with Gasteiger partial charge < -0.3 is 31.1 Å². The number of likely N-dealkylation sites (tertiary alicyclic amines) is 1. The standard InChI is InChI=1S/C23H40N4O6.C4H10/c1-5-7-15-10-11-27(17(28)13-25-22(32)33-23(2,3)4)18(15)21(31)26-16(19(29)20(24)30)12-14-8-6-9-14;1-4(2)3/h14-16,18-19,29H,5-13H2,1-4H3,(H2,24,30)(H,25,32)(H,26,31);4H,1-3H3/t15-,16?,18?,19?;/m0./s1. The highest BCUT2D eigenvalue weighted by molar-refractivity contribution is 5.91. The second kappa shape index (κ2) is 15.1. The van der Waals surface area contributed by atoms with E-state index in [0.29, 0.717) is 25.3 Å². The Labute approximate surface area is 222 Å². The van der Waals surface area contributed by atoms with E-state index in [0.717, 1.165) is 38.0 Å². The highest BCUT2D eigenvalue weighted by Crippen LogP contribution is 2.32. The van der Waals surface area contributed by atoms with E-state index < -0.39 is 41.7 Å². The van der Waals surface area contributed by atoms with Crippen LogP contribution in [-0.2, 0) is 19.1 Å². The summed E-state index contributed by atoms with van der Waals surface area (Å²) < 4.78 is 5.17. The quantitative estimate of drug-likeness (QED) is 0.344. The first-order chi connectivity index (χ1) is 17.2. The zero-order valence-corrected chi connectivity index (χ0v) is 23.8. The van der Waals surface area contributed by atoms with Gasteiger partial charge in [-0.1, -0.05) is 53.4 Å². The molecule has 5 N–H and O–H groups in total. The predicted octanol–water partition coefficient (Wildman–Crippen LogP) is 2.71. The Hall–Kier alpha value is -2.36. The van der Waals surface area contributed by atoms with Crippen LogP contribution in [0.15, 0.2) is 0 Å². The van der Waals surface area contributed by atoms with Crippen molar-refractivity contribution in [3.8, 4) is 0 Å². The van der Waals surface area contributed by atoms with Crippen molar-refractivity contribution in [1.29, 1.82) is 0 Å². The molecule has 0 spiro atoms. The van der Waals surface area contributed by atoms with Gasteiger partial charge >= 0.3 is 6.09 Å². The van der Waals surface area contributed by atoms with Gasteiger partial charge in [0.2, 0.25) is 17.7 Å². The number of aliphatic hydroxyl groups excluding tert-OH is 1. The molecule has 0 aromatic rings. The van der Waals surface area contributed by atoms with Crippen LogP contribution in [0, 0.1) is 17.8 Å². The number of carbonyl (C=O) groups is 4. The number of ether oxygens (including phenoxy) is 1. The molecule has 3 unspecified atom stereocenters. The minimum atomic E-state index is -1.49. The number of rotatable bonds is 10. The Kier molecular flexibility index (Phi) is 13.4. The zero-order chi connectivity index (χ0) is 28.3. The minimum Gasteiger partial charge on any atom is -0.444 e. The number of alkyl carbamates (subject to hydrolysis) is 1. The summed E-state index contributed by atoms with van der Waals surface area (Å²) in [7, 11) is 0. The first-order valence-corrected chi connectivity index (χ1v) is 13.7. The monoisotopic (exact) mass is 526 g/mol. The number of hydrogen-bond acceptors (Lipinski definition) is 6. The van der Waals surface area contributed by atoms with Crippen molar-refractivity contribution in [2.45, 2.75) is 117 Å². The highest BCUT2D eigenvalue weighted by Gasteiger charge is 2.43. The van der Waals surface area contributed by atoms with Crippen molar-refractivity contribution in [2.24, 2.45) is 23.5 Å². The highest BCUT2D eigenvalue weighted by atomic mass is 16.6. The summed E-state index contributed by atoms with van der Waals surface area (Å²) in [5, 5.41) is 15.6. The van der Waals surface area contributed by atoms with Gasteiger partial charge in [-0.05, 0) is 57.8 Å². The van der Waals surface area contributed by atoms with Crippen LogP contribution in [0.2, 0.25) is 0 Å². The molecule has 0 bridgehead atoms. The number of hydrogen-bond donors (Lipinski definition) is 4. The lowest BCUT2D eigenvalue weighted by molar-refractivity contribution is -0.140. The van der Waals surface area contributed by atoms with Gasteiger partial charge in [0.05, 0.1) is 6.04 Å². The fourth-order valence-corrected chi connectivity index (χ4v) is 4.55. The molecule has 1 aliphatic heterocycles. The SMILES string of the molecule is CC(C)C.CCC[C@H]1CCN(C(=O)CNC(=O)OC(C)(C)C)C1C(=O)NC(CC1CCC1)C(O)C(N)=O. The fourth-order valence-electron chi connectivity index (χ4n) is 4.55. The molecule has 4 amide bonds. The van der Waals surface area contributed by atoms with Crippen molar-refractivity contribution in [3.63, 3.8) is 0 Å². The molecule has 0 aromatic carbocycles. The summed E-state index contributed by atoms with van der Waals surface area (Å²) in [6.45, 7) is 13.8. The fraction of sp³-hybridized carbons (Fsp3) is 0.852. The number of nitrogens with one attached hydrogen (secondary N) is 2. The molecule has 1 saturated carbocycles. The maximum atomic E-state index is 13.3. The number of nitrogens with two attached hydrogens (primary N) is 1. The maximum absolute atomic E-state index is 13.3. The summed E-state index contributed by atoms with van der Waals surface area (Å²) in [5.74, 6) is -0.553. The van der Waals surface area contributed by atoms with Gasteiger partial charge in [-0.2, -0.15) is 0 Å². The van der Waals surface area contributed by atoms with Crippen LogP contribution in [-0.4, -0.2) is 70.7 Å². The van der Waals surface area contributed by atoms with Crippen LogP contribution < -0.4 is 16.4 Å². The summed E-state index contributed by atoms with van der Waals surface area (Å²) in [6.07, 6.45) is 3.61. The predicted molar refractivity (Wildman–Crippen MR) is 142 cm³/mol. The van der Waals surface area contributed by atoms with E-state index in [9.17, 15) is 24.3 Å². The van der Waals surface area contributed by atoms with E-state index in [1.165, 1.54) is 4.90 Å². The molecule has 214 valence electrons. The first kappa shape index (κ1) is 32.7. The number of amides is 4. The average Bonchev–Trinajstić information content (AvgIpc) is 3.15. The van der Waals surface area contributed by atoms with Crippen LogP contribution in [0.1, 0.15) is 93.4 Å². The lowest BCUT2D eigenvalue weighted by Gasteiger charge is -2.34. The van der Waals surface area contributed by atoms with E-state index >= 15 is 0 Å². The van der Waals surface area contributed by atoms with Gasteiger partial charge in [0, 0.05) is 6.54 Å². The molecule has 2 fully saturated rings. The van der Waals surface area contributed by atoms with Crippen molar-refractivity contribution >= 4 is 23.8 Å². The topological polar surface area (TPSA) is 151 Å². The molecule has 0 aromatic heterocycles. The molecule has 1 heterocycles. The largest absolute Gasteiger partial charge is 0.444 e. The maximum Gasteiger partial charge on any atom is 0.408 e. The third-order valence-corrected chi connectivity index (χ3v) is 6.37. The lowest BCUT2D eigenvalue weighted by atomic mass is 9.79. The van der Waals surface area contributed by atoms with Crippen LogP contribution in [0.3, 0.4) is 0 Å². The molecule has 4 atom stereocenters. The third-order valence-electron chi connectivity index (χ3n) is 6.37. The zero-order valence-electron chi connectivity index (χ0n) is 23.8. The van der Waals surface area contributed by atoms with Gasteiger partial charge in [0.1, 0.15) is 18.2 Å². The Morgan fingerprint density at radius 3 is 2.16 bits per heavy atom. The summed E-state index contributed by atoms with van der Waals surface area (Å²) in [5.41, 5.74) is 4.62. The molecule has 1 aliphatic carbocycles. The van der Waals surface area contributed by atoms with Crippen LogP contribution in [0.25, 0.3) is 0 Å². The van der Waals surface area contributed by atoms with E-state index in [2.05, 4.69) is 31.4 Å². The molecular weight excluding hydrogens is 476 g/mol. The Morgan fingerprint density at radius 2 is 1.70 bits per heavy atom. The first-order valence-electron chi connectivity index (χ1n) is 13.7. The normalized spacial score (nSPS) is 21.3. The number of carbonyl (C=O) groups excluding carboxylic acids is 4. The molecule has 37 heavy (non-hydrogen) atoms. The van der Waals surface area contributed by atoms with Crippen LogP contribution in [0.4, 0.5) is 4.79 Å². The van der Waals surface area contributed by atoms with Gasteiger partial charge in [-0.25, -0.2) is 4.79 Å². The molecule has 10 heteroatoms. The van der Waals surface area contributed by atoms with Crippen molar-refractivity contribution in [1.82, 2.24) is 15.5 Å². The molecule has 2 aliphatic rings. The van der Waals surface area contributed by atoms with E-state index in [1.807, 2.05) is 6.92 Å². The molecule has 10 nitrogen and oxygen atoms in total. The number of primary amides is 1. The molecular formula is C27H50N4O6. The van der Waals surface area contributed by atoms with Crippen LogP contribution in [0.5, 0.6) is 0 Å². The minimum absolute atomic E-state index is 0.0458. The summed E-state index contributed by atoms with van der Waals surface area (Å²) >= 11 is 0. The second-order valence-corrected chi connectivity index (χ2v) is 12.0. The Bertz CT molecular complexity index is 760. The number of aliphatic hydroxyl groups is 1. The Balaban J connectivity index is 0.00000159. The van der Waals surface area contributed by atoms with Gasteiger partial charge in [-0.15, -0.1) is 0 Å². The summed E-state index contributed by atoms with van der Waals surface area (Å²) in [6, 6.07) is -1.53. The van der Waals surface area contributed by atoms with Crippen molar-refractivity contribution in [2.75, 3.05) is 13.1 Å². The van der Waals surface area contributed by atoms with Crippen molar-refractivity contribution in [3.05, 3.63) is 0 Å².